The van der Waals surface area contributed by atoms with Gasteiger partial charge in [-0.05, 0) is 24.6 Å². The molecule has 3 amide bonds. The van der Waals surface area contributed by atoms with Gasteiger partial charge in [-0.25, -0.2) is 0 Å². The largest absolute Gasteiger partial charge is 0.343 e. The van der Waals surface area contributed by atoms with Crippen LogP contribution in [0.2, 0.25) is 5.02 Å². The van der Waals surface area contributed by atoms with Gasteiger partial charge >= 0.3 is 0 Å². The SMILES string of the molecule is CC(=O)N1CCCN(C(=O)CNC(=O)c2cccc(Cl)c2)CC1. The Kier molecular flexibility index (Phi) is 5.98. The van der Waals surface area contributed by atoms with Crippen LogP contribution in [0.25, 0.3) is 0 Å². The molecule has 0 radical (unpaired) electrons. The molecule has 1 fully saturated rings. The van der Waals surface area contributed by atoms with E-state index in [-0.39, 0.29) is 24.3 Å². The predicted molar refractivity (Wildman–Crippen MR) is 87.2 cm³/mol. The van der Waals surface area contributed by atoms with Gasteiger partial charge in [0.05, 0.1) is 6.54 Å². The molecule has 1 aromatic carbocycles. The highest BCUT2D eigenvalue weighted by molar-refractivity contribution is 6.30. The van der Waals surface area contributed by atoms with E-state index >= 15 is 0 Å². The lowest BCUT2D eigenvalue weighted by molar-refractivity contribution is -0.131. The molecule has 0 bridgehead atoms. The van der Waals surface area contributed by atoms with Crippen molar-refractivity contribution in [2.45, 2.75) is 13.3 Å². The Balaban J connectivity index is 1.85. The average molecular weight is 338 g/mol. The average Bonchev–Trinajstić information content (AvgIpc) is 2.78. The van der Waals surface area contributed by atoms with Crippen LogP contribution in [0.1, 0.15) is 23.7 Å². The van der Waals surface area contributed by atoms with Gasteiger partial charge in [-0.15, -0.1) is 0 Å². The number of benzene rings is 1. The Labute approximate surface area is 140 Å². The van der Waals surface area contributed by atoms with E-state index < -0.39 is 0 Å². The molecule has 0 saturated carbocycles. The van der Waals surface area contributed by atoms with Crippen molar-refractivity contribution in [3.05, 3.63) is 34.9 Å². The maximum absolute atomic E-state index is 12.2. The summed E-state index contributed by atoms with van der Waals surface area (Å²) in [7, 11) is 0. The maximum atomic E-state index is 12.2. The molecule has 0 atom stereocenters. The Morgan fingerprint density at radius 2 is 1.83 bits per heavy atom. The summed E-state index contributed by atoms with van der Waals surface area (Å²) in [4.78, 5) is 39.0. The summed E-state index contributed by atoms with van der Waals surface area (Å²) < 4.78 is 0. The van der Waals surface area contributed by atoms with Gasteiger partial charge in [0.15, 0.2) is 0 Å². The van der Waals surface area contributed by atoms with Crippen LogP contribution in [-0.4, -0.2) is 60.2 Å². The Hall–Kier alpha value is -2.08. The highest BCUT2D eigenvalue weighted by Crippen LogP contribution is 2.10. The molecule has 0 aromatic heterocycles. The van der Waals surface area contributed by atoms with E-state index in [2.05, 4.69) is 5.32 Å². The van der Waals surface area contributed by atoms with Crippen LogP contribution in [0.15, 0.2) is 24.3 Å². The van der Waals surface area contributed by atoms with Gasteiger partial charge in [0.25, 0.3) is 5.91 Å². The van der Waals surface area contributed by atoms with Crippen LogP contribution in [0.3, 0.4) is 0 Å². The number of nitrogens with one attached hydrogen (secondary N) is 1. The Bertz CT molecular complexity index is 606. The number of hydrogen-bond donors (Lipinski definition) is 1. The van der Waals surface area contributed by atoms with Crippen molar-refractivity contribution in [2.75, 3.05) is 32.7 Å². The van der Waals surface area contributed by atoms with Crippen LogP contribution in [-0.2, 0) is 9.59 Å². The van der Waals surface area contributed by atoms with E-state index in [1.807, 2.05) is 0 Å². The fraction of sp³-hybridized carbons (Fsp3) is 0.438. The van der Waals surface area contributed by atoms with Crippen molar-refractivity contribution < 1.29 is 14.4 Å². The predicted octanol–water partition coefficient (Wildman–Crippen LogP) is 1.15. The van der Waals surface area contributed by atoms with Gasteiger partial charge < -0.3 is 15.1 Å². The highest BCUT2D eigenvalue weighted by Gasteiger charge is 2.20. The lowest BCUT2D eigenvalue weighted by atomic mass is 10.2. The first-order chi connectivity index (χ1) is 11.0. The smallest absolute Gasteiger partial charge is 0.251 e. The first kappa shape index (κ1) is 17.3. The van der Waals surface area contributed by atoms with E-state index in [1.54, 1.807) is 34.1 Å². The molecule has 1 aliphatic heterocycles. The topological polar surface area (TPSA) is 69.7 Å². The molecule has 7 heteroatoms. The molecule has 1 aromatic rings. The third-order valence-corrected chi connectivity index (χ3v) is 4.02. The fourth-order valence-electron chi connectivity index (χ4n) is 2.48. The van der Waals surface area contributed by atoms with Crippen molar-refractivity contribution in [1.82, 2.24) is 15.1 Å². The summed E-state index contributed by atoms with van der Waals surface area (Å²) in [6, 6.07) is 6.56. The second-order valence-electron chi connectivity index (χ2n) is 5.43. The number of nitrogens with zero attached hydrogens (tertiary/aromatic N) is 2. The molecular formula is C16H20ClN3O3. The number of hydrogen-bond acceptors (Lipinski definition) is 3. The molecule has 0 unspecified atom stereocenters. The van der Waals surface area contributed by atoms with Crippen LogP contribution < -0.4 is 5.32 Å². The van der Waals surface area contributed by atoms with Crippen molar-refractivity contribution in [2.24, 2.45) is 0 Å². The van der Waals surface area contributed by atoms with Crippen molar-refractivity contribution in [1.29, 1.82) is 0 Å². The second-order valence-corrected chi connectivity index (χ2v) is 5.87. The molecule has 1 saturated heterocycles. The fourth-order valence-corrected chi connectivity index (χ4v) is 2.67. The summed E-state index contributed by atoms with van der Waals surface area (Å²) in [6.45, 7) is 3.74. The van der Waals surface area contributed by atoms with E-state index in [0.717, 1.165) is 6.42 Å². The normalized spacial score (nSPS) is 15.0. The van der Waals surface area contributed by atoms with Crippen molar-refractivity contribution in [3.8, 4) is 0 Å². The number of carbonyl (C=O) groups is 3. The Morgan fingerprint density at radius 1 is 1.13 bits per heavy atom. The van der Waals surface area contributed by atoms with Gasteiger partial charge in [-0.2, -0.15) is 0 Å². The minimum absolute atomic E-state index is 0.0218. The van der Waals surface area contributed by atoms with Gasteiger partial charge in [-0.1, -0.05) is 17.7 Å². The van der Waals surface area contributed by atoms with Gasteiger partial charge in [0, 0.05) is 43.7 Å². The molecule has 124 valence electrons. The molecule has 1 aliphatic rings. The summed E-state index contributed by atoms with van der Waals surface area (Å²) in [5.41, 5.74) is 0.420. The maximum Gasteiger partial charge on any atom is 0.251 e. The van der Waals surface area contributed by atoms with Crippen LogP contribution in [0.4, 0.5) is 0 Å². The van der Waals surface area contributed by atoms with E-state index in [4.69, 9.17) is 11.6 Å². The number of amides is 3. The zero-order valence-electron chi connectivity index (χ0n) is 13.0. The molecule has 23 heavy (non-hydrogen) atoms. The van der Waals surface area contributed by atoms with Crippen molar-refractivity contribution >= 4 is 29.3 Å². The summed E-state index contributed by atoms with van der Waals surface area (Å²) in [5.74, 6) is -0.458. The molecule has 1 heterocycles. The van der Waals surface area contributed by atoms with Crippen LogP contribution in [0, 0.1) is 0 Å². The lowest BCUT2D eigenvalue weighted by Crippen LogP contribution is -2.42. The second kappa shape index (κ2) is 7.97. The van der Waals surface area contributed by atoms with E-state index in [0.29, 0.717) is 36.8 Å². The third kappa shape index (κ3) is 4.96. The molecule has 1 N–H and O–H groups in total. The number of rotatable bonds is 3. The molecule has 0 aliphatic carbocycles. The van der Waals surface area contributed by atoms with E-state index in [9.17, 15) is 14.4 Å². The molecular weight excluding hydrogens is 318 g/mol. The quantitative estimate of drug-likeness (QED) is 0.899. The molecule has 6 nitrogen and oxygen atoms in total. The third-order valence-electron chi connectivity index (χ3n) is 3.78. The summed E-state index contributed by atoms with van der Waals surface area (Å²) in [6.07, 6.45) is 0.744. The zero-order chi connectivity index (χ0) is 16.8. The van der Waals surface area contributed by atoms with Crippen LogP contribution >= 0.6 is 11.6 Å². The minimum Gasteiger partial charge on any atom is -0.343 e. The lowest BCUT2D eigenvalue weighted by Gasteiger charge is -2.21. The van der Waals surface area contributed by atoms with Gasteiger partial charge in [0.1, 0.15) is 0 Å². The monoisotopic (exact) mass is 337 g/mol. The molecule has 0 spiro atoms. The van der Waals surface area contributed by atoms with Crippen molar-refractivity contribution in [3.63, 3.8) is 0 Å². The van der Waals surface area contributed by atoms with Gasteiger partial charge in [0.2, 0.25) is 11.8 Å². The standard InChI is InChI=1S/C16H20ClN3O3/c1-12(21)19-6-3-7-20(9-8-19)15(22)11-18-16(23)13-4-2-5-14(17)10-13/h2,4-5,10H,3,6-9,11H2,1H3,(H,18,23). The highest BCUT2D eigenvalue weighted by atomic mass is 35.5. The number of carbonyl (C=O) groups excluding carboxylic acids is 3. The van der Waals surface area contributed by atoms with Gasteiger partial charge in [-0.3, -0.25) is 14.4 Å². The minimum atomic E-state index is -0.332. The summed E-state index contributed by atoms with van der Waals surface area (Å²) >= 11 is 5.84. The zero-order valence-corrected chi connectivity index (χ0v) is 13.8. The summed E-state index contributed by atoms with van der Waals surface area (Å²) in [5, 5.41) is 3.08. The first-order valence-corrected chi connectivity index (χ1v) is 7.92. The van der Waals surface area contributed by atoms with Crippen LogP contribution in [0.5, 0.6) is 0 Å². The number of halogens is 1. The molecule has 2 rings (SSSR count). The Morgan fingerprint density at radius 3 is 2.52 bits per heavy atom. The van der Waals surface area contributed by atoms with E-state index in [1.165, 1.54) is 6.92 Å². The first-order valence-electron chi connectivity index (χ1n) is 7.54.